The smallest absolute Gasteiger partial charge is 0.254 e. The van der Waals surface area contributed by atoms with E-state index in [1.54, 1.807) is 4.90 Å². The van der Waals surface area contributed by atoms with Crippen molar-refractivity contribution in [1.82, 2.24) is 4.90 Å². The van der Waals surface area contributed by atoms with Crippen LogP contribution in [0.5, 0.6) is 0 Å². The molecule has 136 valence electrons. The summed E-state index contributed by atoms with van der Waals surface area (Å²) in [6.07, 6.45) is 0.140. The summed E-state index contributed by atoms with van der Waals surface area (Å²) >= 11 is 0. The summed E-state index contributed by atoms with van der Waals surface area (Å²) in [4.78, 5) is 25.8. The zero-order valence-corrected chi connectivity index (χ0v) is 15.0. The average molecular weight is 358 g/mol. The van der Waals surface area contributed by atoms with E-state index in [9.17, 15) is 9.59 Å². The first-order chi connectivity index (χ1) is 13.1. The van der Waals surface area contributed by atoms with Crippen molar-refractivity contribution in [2.75, 3.05) is 6.54 Å². The van der Waals surface area contributed by atoms with Crippen LogP contribution in [-0.2, 0) is 11.3 Å². The first-order valence-corrected chi connectivity index (χ1v) is 8.90. The predicted octanol–water partition coefficient (Wildman–Crippen LogP) is 3.87. The third kappa shape index (κ3) is 5.05. The summed E-state index contributed by atoms with van der Waals surface area (Å²) < 4.78 is 0. The van der Waals surface area contributed by atoms with Crippen molar-refractivity contribution in [3.05, 3.63) is 96.1 Å². The maximum atomic E-state index is 13.0. The van der Waals surface area contributed by atoms with Crippen LogP contribution in [-0.4, -0.2) is 23.3 Å². The molecular weight excluding hydrogens is 336 g/mol. The molecule has 4 heteroatoms. The summed E-state index contributed by atoms with van der Waals surface area (Å²) in [5.41, 5.74) is 9.04. The van der Waals surface area contributed by atoms with Crippen LogP contribution >= 0.6 is 0 Å². The number of primary amides is 1. The molecule has 0 spiro atoms. The molecule has 0 aliphatic rings. The Bertz CT molecular complexity index is 891. The van der Waals surface area contributed by atoms with E-state index in [4.69, 9.17) is 5.73 Å². The largest absolute Gasteiger partial charge is 0.370 e. The van der Waals surface area contributed by atoms with E-state index >= 15 is 0 Å². The second-order valence-electron chi connectivity index (χ2n) is 6.37. The molecule has 4 nitrogen and oxygen atoms in total. The van der Waals surface area contributed by atoms with Gasteiger partial charge in [0, 0.05) is 25.1 Å². The lowest BCUT2D eigenvalue weighted by atomic mass is 10.0. The molecule has 0 aliphatic heterocycles. The van der Waals surface area contributed by atoms with Gasteiger partial charge >= 0.3 is 0 Å². The van der Waals surface area contributed by atoms with Gasteiger partial charge in [0.2, 0.25) is 5.91 Å². The molecule has 0 saturated carbocycles. The first-order valence-electron chi connectivity index (χ1n) is 8.90. The van der Waals surface area contributed by atoms with Crippen molar-refractivity contribution < 1.29 is 9.59 Å². The zero-order valence-electron chi connectivity index (χ0n) is 15.0. The highest BCUT2D eigenvalue weighted by Gasteiger charge is 2.17. The summed E-state index contributed by atoms with van der Waals surface area (Å²) in [5, 5.41) is 0. The Labute approximate surface area is 159 Å². The highest BCUT2D eigenvalue weighted by molar-refractivity contribution is 5.95. The number of rotatable bonds is 7. The maximum absolute atomic E-state index is 13.0. The Morgan fingerprint density at radius 3 is 1.89 bits per heavy atom. The fourth-order valence-electron chi connectivity index (χ4n) is 2.92. The van der Waals surface area contributed by atoms with Gasteiger partial charge < -0.3 is 10.6 Å². The van der Waals surface area contributed by atoms with Crippen LogP contribution in [0.1, 0.15) is 22.3 Å². The third-order valence-electron chi connectivity index (χ3n) is 4.37. The van der Waals surface area contributed by atoms with Gasteiger partial charge in [-0.25, -0.2) is 0 Å². The Kier molecular flexibility index (Phi) is 6.00. The first kappa shape index (κ1) is 18.4. The number of hydrogen-bond donors (Lipinski definition) is 1. The van der Waals surface area contributed by atoms with Crippen molar-refractivity contribution in [3.63, 3.8) is 0 Å². The van der Waals surface area contributed by atoms with Gasteiger partial charge in [0.15, 0.2) is 0 Å². The van der Waals surface area contributed by atoms with Gasteiger partial charge in [-0.05, 0) is 28.8 Å². The molecule has 3 aromatic carbocycles. The topological polar surface area (TPSA) is 63.4 Å². The lowest BCUT2D eigenvalue weighted by Gasteiger charge is -2.22. The molecule has 0 aromatic heterocycles. The number of nitrogens with two attached hydrogens (primary N) is 1. The van der Waals surface area contributed by atoms with Crippen molar-refractivity contribution in [3.8, 4) is 11.1 Å². The quantitative estimate of drug-likeness (QED) is 0.697. The molecule has 2 N–H and O–H groups in total. The van der Waals surface area contributed by atoms with Crippen molar-refractivity contribution in [2.45, 2.75) is 13.0 Å². The highest BCUT2D eigenvalue weighted by Crippen LogP contribution is 2.20. The van der Waals surface area contributed by atoms with Crippen LogP contribution in [0.15, 0.2) is 84.9 Å². The molecule has 0 saturated heterocycles. The summed E-state index contributed by atoms with van der Waals surface area (Å²) in [6, 6.07) is 27.3. The van der Waals surface area contributed by atoms with Gasteiger partial charge in [-0.15, -0.1) is 0 Å². The number of hydrogen-bond acceptors (Lipinski definition) is 2. The van der Waals surface area contributed by atoms with Crippen LogP contribution in [0.25, 0.3) is 11.1 Å². The van der Waals surface area contributed by atoms with Crippen molar-refractivity contribution >= 4 is 11.8 Å². The monoisotopic (exact) mass is 358 g/mol. The predicted molar refractivity (Wildman–Crippen MR) is 107 cm³/mol. The van der Waals surface area contributed by atoms with E-state index in [-0.39, 0.29) is 12.3 Å². The van der Waals surface area contributed by atoms with Crippen LogP contribution in [0.2, 0.25) is 0 Å². The second-order valence-corrected chi connectivity index (χ2v) is 6.37. The van der Waals surface area contributed by atoms with E-state index in [1.165, 1.54) is 0 Å². The molecule has 0 bridgehead atoms. The zero-order chi connectivity index (χ0) is 19.1. The summed E-state index contributed by atoms with van der Waals surface area (Å²) in [7, 11) is 0. The van der Waals surface area contributed by atoms with E-state index < -0.39 is 5.91 Å². The van der Waals surface area contributed by atoms with Crippen LogP contribution in [0.4, 0.5) is 0 Å². The number of carbonyl (C=O) groups is 2. The molecule has 0 radical (unpaired) electrons. The minimum absolute atomic E-state index is 0.111. The van der Waals surface area contributed by atoms with E-state index in [0.717, 1.165) is 16.7 Å². The standard InChI is InChI=1S/C23H22N2O2/c24-22(26)15-16-25(17-18-7-3-1-4-8-18)23(27)21-13-11-20(12-14-21)19-9-5-2-6-10-19/h1-14H,15-17H2,(H2,24,26). The third-order valence-corrected chi connectivity index (χ3v) is 4.37. The second kappa shape index (κ2) is 8.81. The number of benzene rings is 3. The minimum atomic E-state index is -0.416. The molecule has 0 heterocycles. The summed E-state index contributed by atoms with van der Waals surface area (Å²) in [5.74, 6) is -0.528. The normalized spacial score (nSPS) is 10.4. The Hall–Kier alpha value is -3.40. The number of amides is 2. The SMILES string of the molecule is NC(=O)CCN(Cc1ccccc1)C(=O)c1ccc(-c2ccccc2)cc1. The average Bonchev–Trinajstić information content (AvgIpc) is 2.72. The van der Waals surface area contributed by atoms with E-state index in [1.807, 2.05) is 84.9 Å². The highest BCUT2D eigenvalue weighted by atomic mass is 16.2. The minimum Gasteiger partial charge on any atom is -0.370 e. The van der Waals surface area contributed by atoms with Crippen molar-refractivity contribution in [1.29, 1.82) is 0 Å². The molecule has 2 amide bonds. The molecule has 0 fully saturated rings. The fourth-order valence-corrected chi connectivity index (χ4v) is 2.92. The number of carbonyl (C=O) groups excluding carboxylic acids is 2. The maximum Gasteiger partial charge on any atom is 0.254 e. The number of nitrogens with zero attached hydrogens (tertiary/aromatic N) is 1. The molecule has 0 atom stereocenters. The molecule has 3 rings (SSSR count). The molecular formula is C23H22N2O2. The molecule has 0 unspecified atom stereocenters. The summed E-state index contributed by atoms with van der Waals surface area (Å²) in [6.45, 7) is 0.733. The van der Waals surface area contributed by atoms with E-state index in [0.29, 0.717) is 18.7 Å². The van der Waals surface area contributed by atoms with E-state index in [2.05, 4.69) is 0 Å². The van der Waals surface area contributed by atoms with Crippen LogP contribution < -0.4 is 5.73 Å². The molecule has 27 heavy (non-hydrogen) atoms. The van der Waals surface area contributed by atoms with Crippen LogP contribution in [0, 0.1) is 0 Å². The van der Waals surface area contributed by atoms with Crippen LogP contribution in [0.3, 0.4) is 0 Å². The Morgan fingerprint density at radius 1 is 0.741 bits per heavy atom. The van der Waals surface area contributed by atoms with Gasteiger partial charge in [0.1, 0.15) is 0 Å². The van der Waals surface area contributed by atoms with Gasteiger partial charge in [-0.2, -0.15) is 0 Å². The molecule has 0 aliphatic carbocycles. The van der Waals surface area contributed by atoms with Gasteiger partial charge in [0.05, 0.1) is 0 Å². The molecule has 3 aromatic rings. The van der Waals surface area contributed by atoms with Gasteiger partial charge in [-0.1, -0.05) is 72.8 Å². The fraction of sp³-hybridized carbons (Fsp3) is 0.130. The van der Waals surface area contributed by atoms with Crippen molar-refractivity contribution in [2.24, 2.45) is 5.73 Å². The van der Waals surface area contributed by atoms with Gasteiger partial charge in [-0.3, -0.25) is 9.59 Å². The lowest BCUT2D eigenvalue weighted by Crippen LogP contribution is -2.33. The Balaban J connectivity index is 1.79. The lowest BCUT2D eigenvalue weighted by molar-refractivity contribution is -0.118. The van der Waals surface area contributed by atoms with Gasteiger partial charge in [0.25, 0.3) is 5.91 Å². The Morgan fingerprint density at radius 2 is 1.30 bits per heavy atom.